The van der Waals surface area contributed by atoms with Crippen molar-refractivity contribution in [3.63, 3.8) is 0 Å². The fourth-order valence-corrected chi connectivity index (χ4v) is 5.49. The zero-order valence-electron chi connectivity index (χ0n) is 16.1. The van der Waals surface area contributed by atoms with E-state index >= 15 is 0 Å². The Hall–Kier alpha value is -2.61. The molecule has 0 saturated heterocycles. The second kappa shape index (κ2) is 9.26. The number of hydrogen-bond acceptors (Lipinski definition) is 10. The SMILES string of the molecule is CCOC(=O)c1sc(N)c(C#N)c1CSc1nnc(Nc2c(C)cccc2C)s1. The largest absolute Gasteiger partial charge is 0.462 e. The van der Waals surface area contributed by atoms with E-state index in [9.17, 15) is 10.1 Å². The van der Waals surface area contributed by atoms with Crippen LogP contribution in [0.1, 0.15) is 38.8 Å². The maximum absolute atomic E-state index is 12.2. The number of nitriles is 1. The number of aryl methyl sites for hydroxylation is 2. The molecule has 0 radical (unpaired) electrons. The summed E-state index contributed by atoms with van der Waals surface area (Å²) in [5, 5.41) is 22.1. The fraction of sp³-hybridized carbons (Fsp3) is 0.263. The molecule has 0 saturated carbocycles. The van der Waals surface area contributed by atoms with Crippen molar-refractivity contribution >= 4 is 56.2 Å². The van der Waals surface area contributed by atoms with Crippen LogP contribution < -0.4 is 11.1 Å². The van der Waals surface area contributed by atoms with E-state index in [0.717, 1.165) is 32.5 Å². The molecule has 7 nitrogen and oxygen atoms in total. The first-order valence-electron chi connectivity index (χ1n) is 8.72. The van der Waals surface area contributed by atoms with Crippen LogP contribution in [0.2, 0.25) is 0 Å². The molecule has 3 N–H and O–H groups in total. The lowest BCUT2D eigenvalue weighted by molar-refractivity contribution is 0.0531. The Balaban J connectivity index is 1.76. The van der Waals surface area contributed by atoms with Crippen LogP contribution in [0.15, 0.2) is 22.5 Å². The van der Waals surface area contributed by atoms with Gasteiger partial charge >= 0.3 is 5.97 Å². The summed E-state index contributed by atoms with van der Waals surface area (Å²) < 4.78 is 5.81. The van der Waals surface area contributed by atoms with Gasteiger partial charge in [0, 0.05) is 17.0 Å². The normalized spacial score (nSPS) is 10.6. The number of thiophene rings is 1. The molecule has 0 unspecified atom stereocenters. The molecule has 0 atom stereocenters. The number of para-hydroxylation sites is 1. The van der Waals surface area contributed by atoms with Crippen molar-refractivity contribution in [1.82, 2.24) is 10.2 Å². The van der Waals surface area contributed by atoms with E-state index in [1.165, 1.54) is 23.1 Å². The van der Waals surface area contributed by atoms with Gasteiger partial charge in [0.25, 0.3) is 0 Å². The van der Waals surface area contributed by atoms with E-state index in [4.69, 9.17) is 10.5 Å². The highest BCUT2D eigenvalue weighted by Crippen LogP contribution is 2.37. The van der Waals surface area contributed by atoms with Crippen LogP contribution in [-0.4, -0.2) is 22.8 Å². The molecule has 0 amide bonds. The lowest BCUT2D eigenvalue weighted by atomic mass is 10.1. The Morgan fingerprint density at radius 1 is 1.31 bits per heavy atom. The van der Waals surface area contributed by atoms with Crippen LogP contribution in [-0.2, 0) is 10.5 Å². The van der Waals surface area contributed by atoms with Crippen molar-refractivity contribution in [2.45, 2.75) is 30.9 Å². The number of rotatable bonds is 7. The van der Waals surface area contributed by atoms with E-state index in [-0.39, 0.29) is 6.61 Å². The average Bonchev–Trinajstić information content (AvgIpc) is 3.26. The van der Waals surface area contributed by atoms with E-state index in [2.05, 4.69) is 21.6 Å². The third-order valence-corrected chi connectivity index (χ3v) is 7.11. The van der Waals surface area contributed by atoms with Gasteiger partial charge < -0.3 is 15.8 Å². The minimum absolute atomic E-state index is 0.259. The minimum Gasteiger partial charge on any atom is -0.462 e. The highest BCUT2D eigenvalue weighted by atomic mass is 32.2. The lowest BCUT2D eigenvalue weighted by Gasteiger charge is -2.09. The van der Waals surface area contributed by atoms with Gasteiger partial charge in [-0.3, -0.25) is 0 Å². The van der Waals surface area contributed by atoms with Crippen molar-refractivity contribution in [2.75, 3.05) is 17.7 Å². The predicted octanol–water partition coefficient (Wildman–Crippen LogP) is 4.88. The quantitative estimate of drug-likeness (QED) is 0.390. The molecule has 29 heavy (non-hydrogen) atoms. The first-order valence-corrected chi connectivity index (χ1v) is 11.3. The highest BCUT2D eigenvalue weighted by Gasteiger charge is 2.23. The first-order chi connectivity index (χ1) is 13.9. The molecule has 0 spiro atoms. The molecule has 0 aliphatic carbocycles. The van der Waals surface area contributed by atoms with Crippen molar-refractivity contribution in [3.8, 4) is 6.07 Å². The Labute approximate surface area is 180 Å². The number of nitrogen functional groups attached to an aromatic ring is 1. The molecule has 0 aliphatic rings. The molecule has 2 heterocycles. The number of nitrogens with two attached hydrogens (primary N) is 1. The molecule has 0 aliphatic heterocycles. The molecule has 10 heteroatoms. The molecule has 1 aromatic carbocycles. The van der Waals surface area contributed by atoms with Gasteiger partial charge in [-0.2, -0.15) is 5.26 Å². The summed E-state index contributed by atoms with van der Waals surface area (Å²) >= 11 is 3.90. The summed E-state index contributed by atoms with van der Waals surface area (Å²) in [6, 6.07) is 8.17. The summed E-state index contributed by atoms with van der Waals surface area (Å²) in [6.07, 6.45) is 0. The maximum atomic E-state index is 12.2. The number of carbonyl (C=O) groups is 1. The van der Waals surface area contributed by atoms with Gasteiger partial charge in [0.1, 0.15) is 15.9 Å². The second-order valence-electron chi connectivity index (χ2n) is 6.03. The number of nitrogens with one attached hydrogen (secondary N) is 1. The van der Waals surface area contributed by atoms with Crippen LogP contribution in [0.3, 0.4) is 0 Å². The third-order valence-electron chi connectivity index (χ3n) is 4.07. The molecule has 150 valence electrons. The number of benzene rings is 1. The predicted molar refractivity (Wildman–Crippen MR) is 118 cm³/mol. The highest BCUT2D eigenvalue weighted by molar-refractivity contribution is 8.00. The molecular formula is C19H19N5O2S3. The van der Waals surface area contributed by atoms with E-state index in [1.54, 1.807) is 6.92 Å². The molecule has 0 fully saturated rings. The van der Waals surface area contributed by atoms with Crippen LogP contribution in [0, 0.1) is 25.2 Å². The van der Waals surface area contributed by atoms with E-state index in [0.29, 0.717) is 31.9 Å². The zero-order valence-corrected chi connectivity index (χ0v) is 18.6. The number of esters is 1. The third kappa shape index (κ3) is 4.70. The Kier molecular flexibility index (Phi) is 6.74. The van der Waals surface area contributed by atoms with E-state index < -0.39 is 5.97 Å². The number of aromatic nitrogens is 2. The van der Waals surface area contributed by atoms with Crippen LogP contribution >= 0.6 is 34.4 Å². The Bertz CT molecular complexity index is 1060. The summed E-state index contributed by atoms with van der Waals surface area (Å²) in [5.41, 5.74) is 10.1. The van der Waals surface area contributed by atoms with Gasteiger partial charge in [-0.05, 0) is 31.9 Å². The molecule has 3 aromatic rings. The monoisotopic (exact) mass is 445 g/mol. The number of ether oxygens (including phenoxy) is 1. The number of thioether (sulfide) groups is 1. The Morgan fingerprint density at radius 3 is 2.69 bits per heavy atom. The smallest absolute Gasteiger partial charge is 0.348 e. The minimum atomic E-state index is -0.462. The summed E-state index contributed by atoms with van der Waals surface area (Å²) in [7, 11) is 0. The second-order valence-corrected chi connectivity index (χ2v) is 9.29. The van der Waals surface area contributed by atoms with Gasteiger partial charge in [0.05, 0.1) is 12.2 Å². The standard InChI is InChI=1S/C19H19N5O2S3/c1-4-26-17(25)15-13(12(8-20)16(21)28-15)9-27-19-24-23-18(29-19)22-14-10(2)6-5-7-11(14)3/h5-7H,4,9,21H2,1-3H3,(H,22,23). The topological polar surface area (TPSA) is 114 Å². The van der Waals surface area contributed by atoms with Crippen LogP contribution in [0.4, 0.5) is 15.8 Å². The van der Waals surface area contributed by atoms with Gasteiger partial charge in [-0.15, -0.1) is 21.5 Å². The first kappa shape index (κ1) is 21.1. The average molecular weight is 446 g/mol. The molecule has 0 bridgehead atoms. The van der Waals surface area contributed by atoms with Gasteiger partial charge in [0.15, 0.2) is 4.34 Å². The van der Waals surface area contributed by atoms with Crippen molar-refractivity contribution in [1.29, 1.82) is 5.26 Å². The summed E-state index contributed by atoms with van der Waals surface area (Å²) in [4.78, 5) is 12.6. The maximum Gasteiger partial charge on any atom is 0.348 e. The van der Waals surface area contributed by atoms with E-state index in [1.807, 2.05) is 32.0 Å². The van der Waals surface area contributed by atoms with Gasteiger partial charge in [0.2, 0.25) is 5.13 Å². The van der Waals surface area contributed by atoms with Gasteiger partial charge in [-0.25, -0.2) is 4.79 Å². The summed E-state index contributed by atoms with van der Waals surface area (Å²) in [5.74, 6) is -0.0843. The molecular weight excluding hydrogens is 426 g/mol. The van der Waals surface area contributed by atoms with Crippen molar-refractivity contribution < 1.29 is 9.53 Å². The molecule has 2 aromatic heterocycles. The molecule has 3 rings (SSSR count). The van der Waals surface area contributed by atoms with Crippen LogP contribution in [0.25, 0.3) is 0 Å². The summed E-state index contributed by atoms with van der Waals surface area (Å²) in [6.45, 7) is 6.07. The lowest BCUT2D eigenvalue weighted by Crippen LogP contribution is -2.05. The van der Waals surface area contributed by atoms with Gasteiger partial charge in [-0.1, -0.05) is 41.3 Å². The number of anilines is 3. The fourth-order valence-electron chi connectivity index (χ4n) is 2.68. The van der Waals surface area contributed by atoms with Crippen LogP contribution in [0.5, 0.6) is 0 Å². The number of nitrogens with zero attached hydrogens (tertiary/aromatic N) is 3. The Morgan fingerprint density at radius 2 is 2.03 bits per heavy atom. The number of hydrogen-bond donors (Lipinski definition) is 2. The number of carbonyl (C=O) groups excluding carboxylic acids is 1. The van der Waals surface area contributed by atoms with Crippen molar-refractivity contribution in [3.05, 3.63) is 45.3 Å². The zero-order chi connectivity index (χ0) is 21.0. The van der Waals surface area contributed by atoms with Crippen molar-refractivity contribution in [2.24, 2.45) is 0 Å².